The van der Waals surface area contributed by atoms with Gasteiger partial charge in [0, 0.05) is 5.88 Å². The number of alkyl halides is 1. The molecule has 1 aromatic rings. The lowest BCUT2D eigenvalue weighted by molar-refractivity contribution is 0.177. The van der Waals surface area contributed by atoms with Crippen LogP contribution in [0.3, 0.4) is 0 Å². The lowest BCUT2D eigenvalue weighted by Crippen LogP contribution is -1.88. The summed E-state index contributed by atoms with van der Waals surface area (Å²) in [5.41, 5.74) is 1.75. The summed E-state index contributed by atoms with van der Waals surface area (Å²) in [6, 6.07) is 7.42. The third-order valence-electron chi connectivity index (χ3n) is 1.42. The SMILES string of the molecule is [O]Cc1ccccc1CCl. The molecular weight excluding hydrogens is 148 g/mol. The quantitative estimate of drug-likeness (QED) is 0.585. The molecule has 1 rings (SSSR count). The molecule has 53 valence electrons. The second-order valence-corrected chi connectivity index (χ2v) is 2.31. The first-order valence-electron chi connectivity index (χ1n) is 3.09. The Bertz CT molecular complexity index is 187. The van der Waals surface area contributed by atoms with Crippen molar-refractivity contribution in [3.8, 4) is 0 Å². The van der Waals surface area contributed by atoms with Gasteiger partial charge in [-0.3, -0.25) is 0 Å². The predicted octanol–water partition coefficient (Wildman–Crippen LogP) is 2.36. The third-order valence-corrected chi connectivity index (χ3v) is 1.71. The predicted molar refractivity (Wildman–Crippen MR) is 40.4 cm³/mol. The molecule has 10 heavy (non-hydrogen) atoms. The molecule has 0 fully saturated rings. The molecule has 0 aliphatic carbocycles. The van der Waals surface area contributed by atoms with E-state index in [1.165, 1.54) is 0 Å². The number of rotatable bonds is 2. The lowest BCUT2D eigenvalue weighted by atomic mass is 10.1. The van der Waals surface area contributed by atoms with Gasteiger partial charge in [-0.1, -0.05) is 24.3 Å². The van der Waals surface area contributed by atoms with Crippen LogP contribution in [0.15, 0.2) is 24.3 Å². The van der Waals surface area contributed by atoms with Crippen LogP contribution in [0.2, 0.25) is 0 Å². The van der Waals surface area contributed by atoms with Crippen LogP contribution in [0.4, 0.5) is 0 Å². The summed E-state index contributed by atoms with van der Waals surface area (Å²) >= 11 is 5.57. The van der Waals surface area contributed by atoms with Gasteiger partial charge in [0.25, 0.3) is 0 Å². The summed E-state index contributed by atoms with van der Waals surface area (Å²) in [5.74, 6) is 0.429. The average molecular weight is 156 g/mol. The minimum absolute atomic E-state index is 0.178. The van der Waals surface area contributed by atoms with Crippen molar-refractivity contribution >= 4 is 11.6 Å². The third kappa shape index (κ3) is 1.49. The molecule has 0 aliphatic heterocycles. The van der Waals surface area contributed by atoms with Crippen molar-refractivity contribution in [3.63, 3.8) is 0 Å². The molecule has 1 aromatic carbocycles. The number of benzene rings is 1. The number of hydrogen-bond acceptors (Lipinski definition) is 0. The summed E-state index contributed by atoms with van der Waals surface area (Å²) < 4.78 is 0. The first-order valence-corrected chi connectivity index (χ1v) is 3.62. The fourth-order valence-electron chi connectivity index (χ4n) is 0.829. The zero-order valence-electron chi connectivity index (χ0n) is 5.51. The van der Waals surface area contributed by atoms with E-state index in [4.69, 9.17) is 11.6 Å². The van der Waals surface area contributed by atoms with Crippen LogP contribution in [-0.4, -0.2) is 0 Å². The highest BCUT2D eigenvalue weighted by Gasteiger charge is 1.96. The van der Waals surface area contributed by atoms with Gasteiger partial charge in [0.1, 0.15) is 6.61 Å². The van der Waals surface area contributed by atoms with E-state index < -0.39 is 0 Å². The highest BCUT2D eigenvalue weighted by Crippen LogP contribution is 2.10. The standard InChI is InChI=1S/C8H8ClO/c9-5-7-3-1-2-4-8(7)6-10/h1-4H,5-6H2. The van der Waals surface area contributed by atoms with Gasteiger partial charge in [-0.15, -0.1) is 11.6 Å². The maximum atomic E-state index is 10.5. The maximum Gasteiger partial charge on any atom is 0.108 e. The van der Waals surface area contributed by atoms with Crippen molar-refractivity contribution < 1.29 is 5.11 Å². The molecular formula is C8H8ClO. The fraction of sp³-hybridized carbons (Fsp3) is 0.250. The molecule has 2 heteroatoms. The smallest absolute Gasteiger partial charge is 0.108 e. The number of hydrogen-bond donors (Lipinski definition) is 0. The lowest BCUT2D eigenvalue weighted by Gasteiger charge is -1.99. The maximum absolute atomic E-state index is 10.5. The van der Waals surface area contributed by atoms with E-state index in [2.05, 4.69) is 0 Å². The second-order valence-electron chi connectivity index (χ2n) is 2.05. The van der Waals surface area contributed by atoms with E-state index >= 15 is 0 Å². The van der Waals surface area contributed by atoms with Crippen LogP contribution in [0.1, 0.15) is 11.1 Å². The average Bonchev–Trinajstić information content (AvgIpc) is 2.04. The summed E-state index contributed by atoms with van der Waals surface area (Å²) in [7, 11) is 0. The van der Waals surface area contributed by atoms with Crippen LogP contribution in [-0.2, 0) is 17.6 Å². The van der Waals surface area contributed by atoms with E-state index in [-0.39, 0.29) is 6.61 Å². The van der Waals surface area contributed by atoms with E-state index in [9.17, 15) is 5.11 Å². The van der Waals surface area contributed by atoms with E-state index in [0.717, 1.165) is 11.1 Å². The highest BCUT2D eigenvalue weighted by atomic mass is 35.5. The molecule has 0 heterocycles. The van der Waals surface area contributed by atoms with Gasteiger partial charge < -0.3 is 0 Å². The molecule has 0 aliphatic rings. The molecule has 0 spiro atoms. The van der Waals surface area contributed by atoms with E-state index in [0.29, 0.717) is 5.88 Å². The van der Waals surface area contributed by atoms with Gasteiger partial charge in [-0.25, -0.2) is 5.11 Å². The van der Waals surface area contributed by atoms with E-state index in [1.807, 2.05) is 24.3 Å². The zero-order valence-corrected chi connectivity index (χ0v) is 6.27. The second kappa shape index (κ2) is 3.59. The molecule has 0 N–H and O–H groups in total. The normalized spacial score (nSPS) is 9.80. The van der Waals surface area contributed by atoms with Crippen molar-refractivity contribution in [1.82, 2.24) is 0 Å². The molecule has 0 saturated carbocycles. The first-order chi connectivity index (χ1) is 4.88. The Morgan fingerprint density at radius 1 is 1.20 bits per heavy atom. The van der Waals surface area contributed by atoms with Gasteiger partial charge in [-0.2, -0.15) is 0 Å². The highest BCUT2D eigenvalue weighted by molar-refractivity contribution is 6.17. The summed E-state index contributed by atoms with van der Waals surface area (Å²) in [6.45, 7) is -0.178. The molecule has 0 saturated heterocycles. The molecule has 0 aromatic heterocycles. The monoisotopic (exact) mass is 155 g/mol. The first kappa shape index (κ1) is 7.58. The largest absolute Gasteiger partial charge is 0.232 e. The van der Waals surface area contributed by atoms with Crippen molar-refractivity contribution in [3.05, 3.63) is 35.4 Å². The van der Waals surface area contributed by atoms with Crippen molar-refractivity contribution in [2.45, 2.75) is 12.5 Å². The molecule has 0 amide bonds. The summed E-state index contributed by atoms with van der Waals surface area (Å²) in [6.07, 6.45) is 0. The molecule has 1 nitrogen and oxygen atoms in total. The minimum atomic E-state index is -0.178. The van der Waals surface area contributed by atoms with Crippen molar-refractivity contribution in [1.29, 1.82) is 0 Å². The van der Waals surface area contributed by atoms with Crippen molar-refractivity contribution in [2.24, 2.45) is 0 Å². The molecule has 0 bridgehead atoms. The summed E-state index contributed by atoms with van der Waals surface area (Å²) in [4.78, 5) is 0. The van der Waals surface area contributed by atoms with Gasteiger partial charge in [0.15, 0.2) is 0 Å². The Balaban J connectivity index is 2.96. The Kier molecular flexibility index (Phi) is 2.72. The van der Waals surface area contributed by atoms with Crippen molar-refractivity contribution in [2.75, 3.05) is 0 Å². The Morgan fingerprint density at radius 3 is 2.20 bits per heavy atom. The molecule has 1 radical (unpaired) electrons. The van der Waals surface area contributed by atoms with E-state index in [1.54, 1.807) is 0 Å². The van der Waals surface area contributed by atoms with Gasteiger partial charge in [0.2, 0.25) is 0 Å². The van der Waals surface area contributed by atoms with Crippen LogP contribution in [0.5, 0.6) is 0 Å². The van der Waals surface area contributed by atoms with Crippen LogP contribution in [0.25, 0.3) is 0 Å². The van der Waals surface area contributed by atoms with Crippen LogP contribution >= 0.6 is 11.6 Å². The summed E-state index contributed by atoms with van der Waals surface area (Å²) in [5, 5.41) is 10.5. The van der Waals surface area contributed by atoms with Gasteiger partial charge in [0.05, 0.1) is 0 Å². The Labute approximate surface area is 65.3 Å². The molecule has 0 atom stereocenters. The number of halogens is 1. The minimum Gasteiger partial charge on any atom is -0.232 e. The zero-order chi connectivity index (χ0) is 7.40. The topological polar surface area (TPSA) is 19.9 Å². The molecule has 0 unspecified atom stereocenters. The van der Waals surface area contributed by atoms with Gasteiger partial charge in [-0.05, 0) is 11.1 Å². The van der Waals surface area contributed by atoms with Crippen LogP contribution in [0, 0.1) is 0 Å². The van der Waals surface area contributed by atoms with Gasteiger partial charge >= 0.3 is 0 Å². The van der Waals surface area contributed by atoms with Crippen LogP contribution < -0.4 is 0 Å². The Hall–Kier alpha value is -0.530. The fourth-order valence-corrected chi connectivity index (χ4v) is 1.09. The Morgan fingerprint density at radius 2 is 1.80 bits per heavy atom.